The molecule has 1 aromatic heterocycles. The minimum atomic E-state index is -0.845. The van der Waals surface area contributed by atoms with Gasteiger partial charge >= 0.3 is 0 Å². The van der Waals surface area contributed by atoms with Crippen LogP contribution in [0.2, 0.25) is 0 Å². The van der Waals surface area contributed by atoms with E-state index in [1.807, 2.05) is 12.1 Å². The Morgan fingerprint density at radius 1 is 1.50 bits per heavy atom. The fourth-order valence-corrected chi connectivity index (χ4v) is 2.78. The van der Waals surface area contributed by atoms with Crippen molar-refractivity contribution >= 4 is 17.2 Å². The van der Waals surface area contributed by atoms with Crippen LogP contribution in [0, 0.1) is 0 Å². The fraction of sp³-hybridized carbons (Fsp3) is 0.333. The van der Waals surface area contributed by atoms with Crippen LogP contribution in [-0.2, 0) is 6.42 Å². The molecule has 1 atom stereocenters. The van der Waals surface area contributed by atoms with E-state index in [4.69, 9.17) is 10.5 Å². The van der Waals surface area contributed by atoms with Gasteiger partial charge in [0, 0.05) is 23.9 Å². The SMILES string of the molecule is COc1ccccc1C(O)CNC(=O)c1csc(CCN)n1. The maximum absolute atomic E-state index is 12.0. The second-order valence-electron chi connectivity index (χ2n) is 4.63. The number of ether oxygens (including phenoxy) is 1. The zero-order chi connectivity index (χ0) is 15.9. The number of carbonyl (C=O) groups is 1. The Morgan fingerprint density at radius 3 is 3.00 bits per heavy atom. The molecule has 0 aliphatic heterocycles. The first-order valence-corrected chi connectivity index (χ1v) is 7.77. The van der Waals surface area contributed by atoms with E-state index in [2.05, 4.69) is 10.3 Å². The van der Waals surface area contributed by atoms with E-state index in [1.54, 1.807) is 24.6 Å². The number of methoxy groups -OCH3 is 1. The van der Waals surface area contributed by atoms with Crippen molar-refractivity contribution in [2.24, 2.45) is 5.73 Å². The Labute approximate surface area is 132 Å². The largest absolute Gasteiger partial charge is 0.496 e. The smallest absolute Gasteiger partial charge is 0.270 e. The van der Waals surface area contributed by atoms with Gasteiger partial charge in [0.25, 0.3) is 5.91 Å². The van der Waals surface area contributed by atoms with E-state index in [9.17, 15) is 9.90 Å². The molecule has 0 saturated carbocycles. The van der Waals surface area contributed by atoms with Crippen LogP contribution in [0.3, 0.4) is 0 Å². The van der Waals surface area contributed by atoms with Crippen molar-refractivity contribution in [3.05, 3.63) is 45.9 Å². The number of amides is 1. The molecule has 0 radical (unpaired) electrons. The van der Waals surface area contributed by atoms with Gasteiger partial charge in [-0.2, -0.15) is 0 Å². The van der Waals surface area contributed by atoms with E-state index < -0.39 is 6.10 Å². The lowest BCUT2D eigenvalue weighted by molar-refractivity contribution is 0.0910. The molecular formula is C15H19N3O3S. The molecule has 4 N–H and O–H groups in total. The second kappa shape index (κ2) is 7.88. The molecule has 0 aliphatic rings. The van der Waals surface area contributed by atoms with Gasteiger partial charge < -0.3 is 20.9 Å². The van der Waals surface area contributed by atoms with E-state index >= 15 is 0 Å². The lowest BCUT2D eigenvalue weighted by atomic mass is 10.1. The molecule has 1 heterocycles. The van der Waals surface area contributed by atoms with Crippen LogP contribution in [0.1, 0.15) is 27.2 Å². The number of nitrogens with two attached hydrogens (primary N) is 1. The van der Waals surface area contributed by atoms with Gasteiger partial charge in [-0.15, -0.1) is 11.3 Å². The Balaban J connectivity index is 1.95. The number of thiazole rings is 1. The first-order chi connectivity index (χ1) is 10.7. The molecule has 1 unspecified atom stereocenters. The van der Waals surface area contributed by atoms with Crippen molar-refractivity contribution in [3.8, 4) is 5.75 Å². The lowest BCUT2D eigenvalue weighted by Crippen LogP contribution is -2.28. The third-order valence-corrected chi connectivity index (χ3v) is 4.01. The third kappa shape index (κ3) is 4.03. The number of carbonyl (C=O) groups excluding carboxylic acids is 1. The van der Waals surface area contributed by atoms with Crippen LogP contribution in [0.15, 0.2) is 29.6 Å². The summed E-state index contributed by atoms with van der Waals surface area (Å²) >= 11 is 1.40. The van der Waals surface area contributed by atoms with Gasteiger partial charge in [0.1, 0.15) is 11.4 Å². The standard InChI is InChI=1S/C15H19N3O3S/c1-21-13-5-3-2-4-10(13)12(19)8-17-15(20)11-9-22-14(18-11)6-7-16/h2-5,9,12,19H,6-8,16H2,1H3,(H,17,20). The number of nitrogens with zero attached hydrogens (tertiary/aromatic N) is 1. The number of hydrogen-bond acceptors (Lipinski definition) is 6. The zero-order valence-corrected chi connectivity index (χ0v) is 13.1. The van der Waals surface area contributed by atoms with Gasteiger partial charge in [0.05, 0.1) is 18.2 Å². The first kappa shape index (κ1) is 16.4. The number of hydrogen-bond donors (Lipinski definition) is 3. The molecule has 0 spiro atoms. The van der Waals surface area contributed by atoms with Crippen molar-refractivity contribution in [3.63, 3.8) is 0 Å². The number of rotatable bonds is 7. The summed E-state index contributed by atoms with van der Waals surface area (Å²) in [5, 5.41) is 15.4. The number of aromatic nitrogens is 1. The van der Waals surface area contributed by atoms with Crippen molar-refractivity contribution in [2.75, 3.05) is 20.2 Å². The highest BCUT2D eigenvalue weighted by molar-refractivity contribution is 7.09. The minimum absolute atomic E-state index is 0.0863. The summed E-state index contributed by atoms with van der Waals surface area (Å²) < 4.78 is 5.19. The van der Waals surface area contributed by atoms with Crippen LogP contribution in [0.4, 0.5) is 0 Å². The molecule has 118 valence electrons. The molecule has 0 fully saturated rings. The van der Waals surface area contributed by atoms with Crippen LogP contribution in [-0.4, -0.2) is 36.2 Å². The normalized spacial score (nSPS) is 12.0. The number of para-hydroxylation sites is 1. The number of aliphatic hydroxyl groups excluding tert-OH is 1. The average Bonchev–Trinajstić information content (AvgIpc) is 3.01. The van der Waals surface area contributed by atoms with Gasteiger partial charge in [-0.25, -0.2) is 4.98 Å². The molecule has 1 aromatic carbocycles. The zero-order valence-electron chi connectivity index (χ0n) is 12.3. The van der Waals surface area contributed by atoms with Gasteiger partial charge in [-0.05, 0) is 12.6 Å². The Hall–Kier alpha value is -1.96. The molecule has 0 aliphatic carbocycles. The second-order valence-corrected chi connectivity index (χ2v) is 5.58. The summed E-state index contributed by atoms with van der Waals surface area (Å²) in [4.78, 5) is 16.2. The van der Waals surface area contributed by atoms with Gasteiger partial charge in [0.15, 0.2) is 0 Å². The molecule has 0 bridgehead atoms. The highest BCUT2D eigenvalue weighted by Crippen LogP contribution is 2.24. The summed E-state index contributed by atoms with van der Waals surface area (Å²) in [6, 6.07) is 7.15. The van der Waals surface area contributed by atoms with Crippen molar-refractivity contribution in [2.45, 2.75) is 12.5 Å². The minimum Gasteiger partial charge on any atom is -0.496 e. The van der Waals surface area contributed by atoms with E-state index in [1.165, 1.54) is 11.3 Å². The number of nitrogens with one attached hydrogen (secondary N) is 1. The predicted molar refractivity (Wildman–Crippen MR) is 85.2 cm³/mol. The van der Waals surface area contributed by atoms with E-state index in [0.29, 0.717) is 30.0 Å². The predicted octanol–water partition coefficient (Wildman–Crippen LogP) is 1.12. The highest BCUT2D eigenvalue weighted by Gasteiger charge is 2.16. The fourth-order valence-electron chi connectivity index (χ4n) is 1.99. The maximum Gasteiger partial charge on any atom is 0.270 e. The first-order valence-electron chi connectivity index (χ1n) is 6.89. The van der Waals surface area contributed by atoms with Gasteiger partial charge in [-0.1, -0.05) is 18.2 Å². The summed E-state index contributed by atoms with van der Waals surface area (Å²) in [6.45, 7) is 0.587. The third-order valence-electron chi connectivity index (χ3n) is 3.10. The van der Waals surface area contributed by atoms with Crippen molar-refractivity contribution < 1.29 is 14.6 Å². The molecule has 2 rings (SSSR count). The van der Waals surface area contributed by atoms with Crippen molar-refractivity contribution in [1.29, 1.82) is 0 Å². The van der Waals surface area contributed by atoms with Gasteiger partial charge in [-0.3, -0.25) is 4.79 Å². The molecule has 7 heteroatoms. The highest BCUT2D eigenvalue weighted by atomic mass is 32.1. The van der Waals surface area contributed by atoms with Crippen molar-refractivity contribution in [1.82, 2.24) is 10.3 Å². The Bertz CT molecular complexity index is 630. The molecule has 6 nitrogen and oxygen atoms in total. The molecular weight excluding hydrogens is 302 g/mol. The van der Waals surface area contributed by atoms with Gasteiger partial charge in [0.2, 0.25) is 0 Å². The van der Waals surface area contributed by atoms with E-state index in [0.717, 1.165) is 5.01 Å². The quantitative estimate of drug-likeness (QED) is 0.710. The monoisotopic (exact) mass is 321 g/mol. The Kier molecular flexibility index (Phi) is 5.88. The van der Waals surface area contributed by atoms with Crippen LogP contribution >= 0.6 is 11.3 Å². The topological polar surface area (TPSA) is 97.5 Å². The summed E-state index contributed by atoms with van der Waals surface area (Å²) in [5.41, 5.74) is 6.44. The summed E-state index contributed by atoms with van der Waals surface area (Å²) in [5.74, 6) is 0.275. The summed E-state index contributed by atoms with van der Waals surface area (Å²) in [7, 11) is 1.54. The van der Waals surface area contributed by atoms with Crippen LogP contribution < -0.4 is 15.8 Å². The molecule has 0 saturated heterocycles. The van der Waals surface area contributed by atoms with Crippen LogP contribution in [0.25, 0.3) is 0 Å². The van der Waals surface area contributed by atoms with Crippen LogP contribution in [0.5, 0.6) is 5.75 Å². The molecule has 1 amide bonds. The Morgan fingerprint density at radius 2 is 2.27 bits per heavy atom. The molecule has 2 aromatic rings. The number of aliphatic hydroxyl groups is 1. The average molecular weight is 321 g/mol. The molecule has 22 heavy (non-hydrogen) atoms. The van der Waals surface area contributed by atoms with E-state index in [-0.39, 0.29) is 12.5 Å². The maximum atomic E-state index is 12.0. The summed E-state index contributed by atoms with van der Waals surface area (Å²) in [6.07, 6.45) is -0.191. The lowest BCUT2D eigenvalue weighted by Gasteiger charge is -2.14. The number of benzene rings is 1.